The number of nitrogens with two attached hydrogens (primary N) is 1. The summed E-state index contributed by atoms with van der Waals surface area (Å²) in [6.07, 6.45) is 0.876. The molecule has 1 saturated heterocycles. The summed E-state index contributed by atoms with van der Waals surface area (Å²) in [5.74, 6) is 0. The first-order valence-electron chi connectivity index (χ1n) is 5.96. The van der Waals surface area contributed by atoms with Crippen molar-refractivity contribution in [3.63, 3.8) is 0 Å². The predicted octanol–water partition coefficient (Wildman–Crippen LogP) is 1.95. The van der Waals surface area contributed by atoms with Gasteiger partial charge in [-0.25, -0.2) is 4.79 Å². The number of hydrogen-bond acceptors (Lipinski definition) is 2. The molecule has 0 aliphatic carbocycles. The molecule has 1 fully saturated rings. The molecule has 0 aromatic heterocycles. The zero-order chi connectivity index (χ0) is 12.4. The number of rotatable bonds is 1. The van der Waals surface area contributed by atoms with E-state index in [9.17, 15) is 4.79 Å². The third-order valence-corrected chi connectivity index (χ3v) is 3.14. The van der Waals surface area contributed by atoms with Gasteiger partial charge in [0.25, 0.3) is 0 Å². The van der Waals surface area contributed by atoms with Crippen LogP contribution in [-0.2, 0) is 0 Å². The number of likely N-dealkylation sites (tertiary alicyclic amines) is 1. The highest BCUT2D eigenvalue weighted by Crippen LogP contribution is 2.18. The van der Waals surface area contributed by atoms with Gasteiger partial charge in [0.05, 0.1) is 0 Å². The van der Waals surface area contributed by atoms with Gasteiger partial charge in [-0.2, -0.15) is 0 Å². The quantitative estimate of drug-likeness (QED) is 0.779. The van der Waals surface area contributed by atoms with Gasteiger partial charge in [-0.3, -0.25) is 0 Å². The molecule has 2 atom stereocenters. The Morgan fingerprint density at radius 3 is 2.88 bits per heavy atom. The zero-order valence-corrected chi connectivity index (χ0v) is 10.3. The Hall–Kier alpha value is -1.55. The highest BCUT2D eigenvalue weighted by atomic mass is 16.2. The zero-order valence-electron chi connectivity index (χ0n) is 10.3. The minimum Gasteiger partial charge on any atom is -0.326 e. The Morgan fingerprint density at radius 2 is 2.29 bits per heavy atom. The molecular formula is C13H19N3O. The minimum absolute atomic E-state index is 0.0592. The second kappa shape index (κ2) is 4.75. The molecule has 0 saturated carbocycles. The van der Waals surface area contributed by atoms with Gasteiger partial charge in [-0.1, -0.05) is 12.1 Å². The Balaban J connectivity index is 2.02. The third kappa shape index (κ3) is 2.77. The molecular weight excluding hydrogens is 214 g/mol. The molecule has 4 nitrogen and oxygen atoms in total. The van der Waals surface area contributed by atoms with Crippen LogP contribution in [0, 0.1) is 6.92 Å². The van der Waals surface area contributed by atoms with Crippen LogP contribution in [0.5, 0.6) is 0 Å². The van der Waals surface area contributed by atoms with Crippen molar-refractivity contribution < 1.29 is 4.79 Å². The lowest BCUT2D eigenvalue weighted by atomic mass is 10.2. The van der Waals surface area contributed by atoms with Gasteiger partial charge in [-0.15, -0.1) is 0 Å². The van der Waals surface area contributed by atoms with Crippen LogP contribution in [-0.4, -0.2) is 29.6 Å². The van der Waals surface area contributed by atoms with E-state index in [0.29, 0.717) is 6.54 Å². The minimum atomic E-state index is -0.0592. The van der Waals surface area contributed by atoms with Crippen molar-refractivity contribution >= 4 is 11.7 Å². The summed E-state index contributed by atoms with van der Waals surface area (Å²) in [6, 6.07) is 8.05. The Kier molecular flexibility index (Phi) is 3.33. The topological polar surface area (TPSA) is 58.4 Å². The molecule has 2 amide bonds. The van der Waals surface area contributed by atoms with Crippen LogP contribution in [0.4, 0.5) is 10.5 Å². The van der Waals surface area contributed by atoms with E-state index in [1.54, 1.807) is 4.90 Å². The predicted molar refractivity (Wildman–Crippen MR) is 69.0 cm³/mol. The molecule has 3 N–H and O–H groups in total. The van der Waals surface area contributed by atoms with Crippen molar-refractivity contribution in [1.82, 2.24) is 4.90 Å². The average Bonchev–Trinajstić information content (AvgIpc) is 2.58. The number of carbonyl (C=O) groups is 1. The molecule has 0 unspecified atom stereocenters. The van der Waals surface area contributed by atoms with Gasteiger partial charge >= 0.3 is 6.03 Å². The molecule has 0 bridgehead atoms. The van der Waals surface area contributed by atoms with Crippen LogP contribution in [0.1, 0.15) is 18.9 Å². The summed E-state index contributed by atoms with van der Waals surface area (Å²) in [5.41, 5.74) is 7.82. The molecule has 1 aromatic carbocycles. The van der Waals surface area contributed by atoms with E-state index in [-0.39, 0.29) is 18.1 Å². The largest absolute Gasteiger partial charge is 0.326 e. The summed E-state index contributed by atoms with van der Waals surface area (Å²) >= 11 is 0. The maximum Gasteiger partial charge on any atom is 0.322 e. The van der Waals surface area contributed by atoms with Gasteiger partial charge in [0.15, 0.2) is 0 Å². The van der Waals surface area contributed by atoms with Gasteiger partial charge in [0.1, 0.15) is 0 Å². The van der Waals surface area contributed by atoms with Crippen LogP contribution < -0.4 is 11.1 Å². The summed E-state index contributed by atoms with van der Waals surface area (Å²) < 4.78 is 0. The molecule has 0 radical (unpaired) electrons. The molecule has 17 heavy (non-hydrogen) atoms. The SMILES string of the molecule is Cc1cccc(NC(=O)N2C[C@@H](N)C[C@@H]2C)c1. The van der Waals surface area contributed by atoms with E-state index in [2.05, 4.69) is 5.32 Å². The third-order valence-electron chi connectivity index (χ3n) is 3.14. The maximum atomic E-state index is 12.0. The van der Waals surface area contributed by atoms with E-state index in [0.717, 1.165) is 17.7 Å². The van der Waals surface area contributed by atoms with Gasteiger partial charge in [-0.05, 0) is 38.0 Å². The Bertz CT molecular complexity index is 419. The van der Waals surface area contributed by atoms with Crippen LogP contribution in [0.15, 0.2) is 24.3 Å². The lowest BCUT2D eigenvalue weighted by Gasteiger charge is -2.21. The fraction of sp³-hybridized carbons (Fsp3) is 0.462. The highest BCUT2D eigenvalue weighted by Gasteiger charge is 2.30. The van der Waals surface area contributed by atoms with Crippen LogP contribution in [0.3, 0.4) is 0 Å². The summed E-state index contributed by atoms with van der Waals surface area (Å²) in [5, 5.41) is 2.91. The van der Waals surface area contributed by atoms with Gasteiger partial charge < -0.3 is 16.0 Å². The van der Waals surface area contributed by atoms with Crippen molar-refractivity contribution in [2.45, 2.75) is 32.4 Å². The second-order valence-electron chi connectivity index (χ2n) is 4.80. The normalized spacial score (nSPS) is 23.8. The number of anilines is 1. The summed E-state index contributed by atoms with van der Waals surface area (Å²) in [4.78, 5) is 13.8. The monoisotopic (exact) mass is 233 g/mol. The van der Waals surface area contributed by atoms with E-state index in [1.165, 1.54) is 0 Å². The fourth-order valence-corrected chi connectivity index (χ4v) is 2.27. The smallest absolute Gasteiger partial charge is 0.322 e. The first kappa shape index (κ1) is 11.9. The molecule has 1 aromatic rings. The van der Waals surface area contributed by atoms with Crippen molar-refractivity contribution in [3.05, 3.63) is 29.8 Å². The first-order valence-corrected chi connectivity index (χ1v) is 5.96. The number of carbonyl (C=O) groups excluding carboxylic acids is 1. The molecule has 1 aliphatic rings. The molecule has 2 rings (SSSR count). The Labute approximate surface area is 102 Å². The molecule has 1 aliphatic heterocycles. The van der Waals surface area contributed by atoms with Crippen molar-refractivity contribution in [2.24, 2.45) is 5.73 Å². The van der Waals surface area contributed by atoms with E-state index in [4.69, 9.17) is 5.73 Å². The van der Waals surface area contributed by atoms with Crippen LogP contribution in [0.25, 0.3) is 0 Å². The molecule has 92 valence electrons. The molecule has 0 spiro atoms. The number of nitrogens with zero attached hydrogens (tertiary/aromatic N) is 1. The van der Waals surface area contributed by atoms with E-state index in [1.807, 2.05) is 38.1 Å². The van der Waals surface area contributed by atoms with E-state index >= 15 is 0 Å². The summed E-state index contributed by atoms with van der Waals surface area (Å²) in [7, 11) is 0. The molecule has 4 heteroatoms. The number of amides is 2. The lowest BCUT2D eigenvalue weighted by Crippen LogP contribution is -2.38. The standard InChI is InChI=1S/C13H19N3O/c1-9-4-3-5-12(6-9)15-13(17)16-8-11(14)7-10(16)2/h3-6,10-11H,7-8,14H2,1-2H3,(H,15,17)/t10-,11-/m0/s1. The van der Waals surface area contributed by atoms with Gasteiger partial charge in [0, 0.05) is 24.3 Å². The van der Waals surface area contributed by atoms with Gasteiger partial charge in [0.2, 0.25) is 0 Å². The van der Waals surface area contributed by atoms with Crippen LogP contribution in [0.2, 0.25) is 0 Å². The first-order chi connectivity index (χ1) is 8.06. The van der Waals surface area contributed by atoms with Crippen molar-refractivity contribution in [3.8, 4) is 0 Å². The number of benzene rings is 1. The maximum absolute atomic E-state index is 12.0. The molecule has 1 heterocycles. The Morgan fingerprint density at radius 1 is 1.53 bits per heavy atom. The summed E-state index contributed by atoms with van der Waals surface area (Å²) in [6.45, 7) is 4.67. The fourth-order valence-electron chi connectivity index (χ4n) is 2.27. The van der Waals surface area contributed by atoms with Crippen molar-refractivity contribution in [2.75, 3.05) is 11.9 Å². The lowest BCUT2D eigenvalue weighted by molar-refractivity contribution is 0.209. The van der Waals surface area contributed by atoms with Crippen molar-refractivity contribution in [1.29, 1.82) is 0 Å². The average molecular weight is 233 g/mol. The second-order valence-corrected chi connectivity index (χ2v) is 4.80. The highest BCUT2D eigenvalue weighted by molar-refractivity contribution is 5.89. The number of urea groups is 1. The number of hydrogen-bond donors (Lipinski definition) is 2. The van der Waals surface area contributed by atoms with E-state index < -0.39 is 0 Å². The number of nitrogens with one attached hydrogen (secondary N) is 1. The number of aryl methyl sites for hydroxylation is 1. The van der Waals surface area contributed by atoms with Crippen LogP contribution >= 0.6 is 0 Å².